The Kier molecular flexibility index (Phi) is 10.3. The molecule has 1 aliphatic heterocycles. The molecule has 0 bridgehead atoms. The van der Waals surface area contributed by atoms with Gasteiger partial charge in [-0.25, -0.2) is 13.4 Å². The van der Waals surface area contributed by atoms with E-state index in [9.17, 15) is 45.7 Å². The summed E-state index contributed by atoms with van der Waals surface area (Å²) in [4.78, 5) is 57.1. The van der Waals surface area contributed by atoms with E-state index in [0.717, 1.165) is 6.07 Å². The average Bonchev–Trinajstić information content (AvgIpc) is 3.20. The quantitative estimate of drug-likeness (QED) is 0.0649. The first-order chi connectivity index (χ1) is 27.2. The highest BCUT2D eigenvalue weighted by Gasteiger charge is 2.31. The number of hydrogen-bond donors (Lipinski definition) is 3. The molecule has 0 saturated carbocycles. The third-order valence-electron chi connectivity index (χ3n) is 9.52. The highest BCUT2D eigenvalue weighted by Crippen LogP contribution is 2.32. The lowest BCUT2D eigenvalue weighted by Gasteiger charge is -2.16. The van der Waals surface area contributed by atoms with E-state index in [0.29, 0.717) is 0 Å². The van der Waals surface area contributed by atoms with Crippen LogP contribution in [0.3, 0.4) is 0 Å². The van der Waals surface area contributed by atoms with Gasteiger partial charge in [-0.1, -0.05) is 91.0 Å². The Balaban J connectivity index is 1.40. The number of sulfone groups is 1. The Morgan fingerprint density at radius 2 is 1.42 bits per heavy atom. The number of aliphatic hydroxyl groups excluding tert-OH is 1. The van der Waals surface area contributed by atoms with E-state index >= 15 is 0 Å². The minimum absolute atomic E-state index is 0.00244. The topological polar surface area (TPSA) is 211 Å². The molecule has 0 spiro atoms. The van der Waals surface area contributed by atoms with Gasteiger partial charge in [0.1, 0.15) is 16.6 Å². The number of carbonyl (C=O) groups is 2. The van der Waals surface area contributed by atoms with Gasteiger partial charge in [0.05, 0.1) is 39.1 Å². The molecule has 5 aromatic rings. The molecule has 288 valence electrons. The first kappa shape index (κ1) is 38.7. The van der Waals surface area contributed by atoms with Gasteiger partial charge in [-0.15, -0.1) is 0 Å². The molecular weight excluding hydrogens is 773 g/mol. The Morgan fingerprint density at radius 3 is 2.07 bits per heavy atom. The summed E-state index contributed by atoms with van der Waals surface area (Å²) in [6, 6.07) is 28.5. The van der Waals surface area contributed by atoms with Gasteiger partial charge in [-0.2, -0.15) is 8.42 Å². The molecule has 3 N–H and O–H groups in total. The van der Waals surface area contributed by atoms with Crippen LogP contribution in [0.25, 0.3) is 27.4 Å². The summed E-state index contributed by atoms with van der Waals surface area (Å²) >= 11 is 0. The van der Waals surface area contributed by atoms with Gasteiger partial charge in [-0.05, 0) is 43.0 Å². The number of aliphatic hydroxyl groups is 1. The Hall–Kier alpha value is -6.55. The summed E-state index contributed by atoms with van der Waals surface area (Å²) in [6.45, 7) is 1.54. The molecule has 1 heterocycles. The largest absolute Gasteiger partial charge is 0.506 e. The molecule has 0 aromatic heterocycles. The van der Waals surface area contributed by atoms with Crippen LogP contribution < -0.4 is 21.5 Å². The average molecular weight is 805 g/mol. The van der Waals surface area contributed by atoms with Gasteiger partial charge < -0.3 is 15.2 Å². The number of nitrogens with zero attached hydrogens (tertiary/aromatic N) is 1. The first-order valence-electron chi connectivity index (χ1n) is 17.5. The molecule has 5 aromatic carbocycles. The van der Waals surface area contributed by atoms with Crippen LogP contribution in [-0.2, 0) is 29.5 Å². The van der Waals surface area contributed by atoms with Gasteiger partial charge in [0.15, 0.2) is 21.0 Å². The number of benzene rings is 5. The molecule has 0 amide bonds. The molecule has 13 nitrogen and oxygen atoms in total. The number of esters is 1. The monoisotopic (exact) mass is 804 g/mol. The number of rotatable bonds is 12. The lowest BCUT2D eigenvalue weighted by atomic mass is 9.95. The third-order valence-corrected chi connectivity index (χ3v) is 12.1. The zero-order chi connectivity index (χ0) is 40.6. The normalized spacial score (nSPS) is 13.1. The standard InChI is InChI=1S/C42H32N2O11S2/c1-2-55-42(49)30(38(45)24-12-5-3-6-13-24)20-21-56(50,51)27-17-11-16-26(22-27)43-31-23-32(57(52,53)54)37-35-33(28-18-9-10-19-29(28)40(47)34(31)35)36(41(48)44-37)39(46)25-14-7-4-8-15-25/h3-19,22-23,30,43,46H,2,20-21H2,1H3,(H,52,53,54). The molecule has 1 atom stereocenters. The van der Waals surface area contributed by atoms with Crippen LogP contribution in [0.1, 0.15) is 29.3 Å². The number of aromatic nitrogens is 1. The van der Waals surface area contributed by atoms with Crippen molar-refractivity contribution in [3.8, 4) is 0 Å². The van der Waals surface area contributed by atoms with E-state index in [1.165, 1.54) is 48.5 Å². The number of carbonyl (C=O) groups excluding carboxylic acids is 2. The number of nitrogens with one attached hydrogen (secondary N) is 1. The molecule has 0 fully saturated rings. The molecule has 1 unspecified atom stereocenters. The summed E-state index contributed by atoms with van der Waals surface area (Å²) in [7, 11) is -9.31. The van der Waals surface area contributed by atoms with Crippen LogP contribution in [0, 0.1) is 16.4 Å². The van der Waals surface area contributed by atoms with Gasteiger partial charge in [0.25, 0.3) is 15.7 Å². The smallest absolute Gasteiger partial charge is 0.316 e. The Morgan fingerprint density at radius 1 is 0.789 bits per heavy atom. The highest BCUT2D eigenvalue weighted by atomic mass is 32.2. The van der Waals surface area contributed by atoms with E-state index in [2.05, 4.69) is 10.3 Å². The van der Waals surface area contributed by atoms with E-state index in [-0.39, 0.29) is 72.2 Å². The van der Waals surface area contributed by atoms with Gasteiger partial charge in [-0.3, -0.25) is 23.7 Å². The fraction of sp³-hybridized carbons (Fsp3) is 0.119. The lowest BCUT2D eigenvalue weighted by Crippen LogP contribution is -2.33. The third kappa shape index (κ3) is 7.31. The van der Waals surface area contributed by atoms with Crippen LogP contribution in [0.2, 0.25) is 0 Å². The van der Waals surface area contributed by atoms with Crippen molar-refractivity contribution in [3.05, 3.63) is 163 Å². The number of hydrogen-bond acceptors (Lipinski definition) is 12. The van der Waals surface area contributed by atoms with Crippen molar-refractivity contribution in [1.29, 1.82) is 0 Å². The van der Waals surface area contributed by atoms with Crippen molar-refractivity contribution < 1.29 is 40.8 Å². The highest BCUT2D eigenvalue weighted by molar-refractivity contribution is 7.91. The number of ketones is 1. The van der Waals surface area contributed by atoms with Crippen molar-refractivity contribution in [3.63, 3.8) is 0 Å². The maximum absolute atomic E-state index is 14.3. The molecule has 2 aliphatic rings. The van der Waals surface area contributed by atoms with Crippen LogP contribution in [-0.4, -0.2) is 55.6 Å². The summed E-state index contributed by atoms with van der Waals surface area (Å²) in [6.07, 6.45) is -0.389. The molecule has 15 heteroatoms. The fourth-order valence-corrected chi connectivity index (χ4v) is 8.93. The Bertz CT molecular complexity index is 3200. The zero-order valence-electron chi connectivity index (χ0n) is 30.0. The minimum atomic E-state index is -5.13. The van der Waals surface area contributed by atoms with Gasteiger partial charge in [0.2, 0.25) is 0 Å². The summed E-state index contributed by atoms with van der Waals surface area (Å²) in [5.41, 5.74) is -1.82. The lowest BCUT2D eigenvalue weighted by molar-refractivity contribution is -0.146. The summed E-state index contributed by atoms with van der Waals surface area (Å²) in [5.74, 6) is -3.97. The molecule has 1 aliphatic carbocycles. The summed E-state index contributed by atoms with van der Waals surface area (Å²) < 4.78 is 68.8. The number of Topliss-reactive ketones (excluding diaryl/α,β-unsaturated/α-hetero) is 1. The predicted molar refractivity (Wildman–Crippen MR) is 212 cm³/mol. The number of fused-ring (bicyclic) bond motifs is 2. The second kappa shape index (κ2) is 15.2. The molecule has 0 radical (unpaired) electrons. The molecule has 57 heavy (non-hydrogen) atoms. The number of ether oxygens (including phenoxy) is 1. The van der Waals surface area contributed by atoms with Crippen molar-refractivity contribution in [2.24, 2.45) is 5.92 Å². The molecule has 0 saturated heterocycles. The van der Waals surface area contributed by atoms with E-state index in [1.54, 1.807) is 67.6 Å². The fourth-order valence-electron chi connectivity index (χ4n) is 6.90. The van der Waals surface area contributed by atoms with Crippen molar-refractivity contribution in [1.82, 2.24) is 4.98 Å². The predicted octanol–water partition coefficient (Wildman–Crippen LogP) is 4.92. The molecule has 7 rings (SSSR count). The van der Waals surface area contributed by atoms with Crippen molar-refractivity contribution in [2.75, 3.05) is 17.7 Å². The van der Waals surface area contributed by atoms with Gasteiger partial charge in [0, 0.05) is 32.6 Å². The molecular formula is C42H32N2O11S2. The van der Waals surface area contributed by atoms with Crippen LogP contribution in [0.5, 0.6) is 0 Å². The van der Waals surface area contributed by atoms with E-state index in [1.807, 2.05) is 0 Å². The van der Waals surface area contributed by atoms with Crippen molar-refractivity contribution >= 4 is 70.5 Å². The van der Waals surface area contributed by atoms with Crippen molar-refractivity contribution in [2.45, 2.75) is 23.1 Å². The maximum Gasteiger partial charge on any atom is 0.316 e. The van der Waals surface area contributed by atoms with E-state index in [4.69, 9.17) is 4.74 Å². The van der Waals surface area contributed by atoms with E-state index < -0.39 is 70.5 Å². The second-order valence-electron chi connectivity index (χ2n) is 13.0. The SMILES string of the molecule is CCOC(=O)C(CCS(=O)(=O)c1cccc(Nc2cc(S(=O)(=O)O)c3nc(=O)c(=C(O)c4ccccc4)c4c5ccccc5c(=O)c2c3=4)c1)C(=O)c1ccccc1. The Labute approximate surface area is 324 Å². The van der Waals surface area contributed by atoms with Gasteiger partial charge >= 0.3 is 5.97 Å². The summed E-state index contributed by atoms with van der Waals surface area (Å²) in [5, 5.41) is 14.2. The number of anilines is 2. The van der Waals surface area contributed by atoms with Crippen LogP contribution >= 0.6 is 0 Å². The minimum Gasteiger partial charge on any atom is -0.506 e. The maximum atomic E-state index is 14.3. The first-order valence-corrected chi connectivity index (χ1v) is 20.6. The van der Waals surface area contributed by atoms with Crippen LogP contribution in [0.15, 0.2) is 135 Å². The second-order valence-corrected chi connectivity index (χ2v) is 16.5. The zero-order valence-corrected chi connectivity index (χ0v) is 31.6. The van der Waals surface area contributed by atoms with Crippen LogP contribution in [0.4, 0.5) is 11.4 Å².